The molecule has 55 heavy (non-hydrogen) atoms. The minimum absolute atomic E-state index is 0.137. The highest BCUT2D eigenvalue weighted by Gasteiger charge is 2.24. The number of nitrogens with one attached hydrogen (secondary N) is 3. The largest absolute Gasteiger partial charge is 0.480 e. The van der Waals surface area contributed by atoms with Crippen LogP contribution in [0.3, 0.4) is 0 Å². The number of ether oxygens (including phenoxy) is 1. The van der Waals surface area contributed by atoms with Crippen molar-refractivity contribution in [2.75, 3.05) is 17.7 Å². The lowest BCUT2D eigenvalue weighted by Crippen LogP contribution is -2.27. The molecule has 0 atom stereocenters. The molecule has 12 nitrogen and oxygen atoms in total. The van der Waals surface area contributed by atoms with Crippen LogP contribution < -0.4 is 20.9 Å². The zero-order valence-electron chi connectivity index (χ0n) is 31.1. The number of anilines is 2. The number of hydrogen-bond acceptors (Lipinski definition) is 9. The van der Waals surface area contributed by atoms with Crippen LogP contribution in [0.4, 0.5) is 20.2 Å². The maximum Gasteiger partial charge on any atom is 0.266 e. The number of H-pyrrole nitrogens is 1. The molecule has 0 fully saturated rings. The van der Waals surface area contributed by atoms with Gasteiger partial charge in [-0.3, -0.25) is 24.0 Å². The molecule has 3 N–H and O–H groups in total. The second kappa shape index (κ2) is 15.7. The van der Waals surface area contributed by atoms with Gasteiger partial charge in [-0.15, -0.1) is 0 Å². The monoisotopic (exact) mass is 748 g/mol. The van der Waals surface area contributed by atoms with Gasteiger partial charge in [0.2, 0.25) is 17.7 Å². The molecular weight excluding hydrogens is 710 g/mol. The summed E-state index contributed by atoms with van der Waals surface area (Å²) in [4.78, 5) is 76.3. The molecule has 0 saturated carbocycles. The number of nitrogens with zero attached hydrogens (tertiary/aromatic N) is 3. The zero-order chi connectivity index (χ0) is 40.2. The fraction of sp³-hybridized carbons (Fsp3) is 0.220. The number of carbonyl (C=O) groups is 4. The summed E-state index contributed by atoms with van der Waals surface area (Å²) in [5.41, 5.74) is 1.12. The van der Waals surface area contributed by atoms with Crippen LogP contribution in [-0.2, 0) is 9.59 Å². The summed E-state index contributed by atoms with van der Waals surface area (Å²) in [6.45, 7) is 10.6. The number of hydrogen-bond donors (Lipinski definition) is 3. The predicted molar refractivity (Wildman–Crippen MR) is 204 cm³/mol. The van der Waals surface area contributed by atoms with Crippen LogP contribution in [0.25, 0.3) is 22.1 Å². The van der Waals surface area contributed by atoms with Crippen molar-refractivity contribution in [2.45, 2.75) is 41.5 Å². The first-order valence-electron chi connectivity index (χ1n) is 17.0. The third-order valence-electron chi connectivity index (χ3n) is 8.13. The van der Waals surface area contributed by atoms with E-state index in [1.54, 1.807) is 59.7 Å². The standard InChI is InChI=1S/C21H20FN3O3.C20H18FN3O3/c1-21(2,3)20(27)24-13-6-7-15(22)14(10-13)19(26)12-5-8-16-17(9-12)25-18(28-4)11-23-16;1-20(2,3)19(27)23-12-5-6-14(21)13(9-12)18(26)11-4-7-15-16(8-11)24-17(25)10-22-15/h5-11H,1-4H3,(H,24,27);4-10H,1-3H3,(H,23,27)(H,24,25). The molecule has 2 heterocycles. The minimum Gasteiger partial charge on any atom is -0.480 e. The smallest absolute Gasteiger partial charge is 0.266 e. The summed E-state index contributed by atoms with van der Waals surface area (Å²) < 4.78 is 33.6. The number of benzene rings is 4. The Balaban J connectivity index is 0.000000211. The van der Waals surface area contributed by atoms with Crippen LogP contribution in [-0.4, -0.2) is 50.4 Å². The number of amides is 2. The molecule has 2 aromatic heterocycles. The molecule has 0 radical (unpaired) electrons. The van der Waals surface area contributed by atoms with Gasteiger partial charge in [-0.25, -0.2) is 23.7 Å². The normalized spacial score (nSPS) is 11.4. The lowest BCUT2D eigenvalue weighted by Gasteiger charge is -2.18. The van der Waals surface area contributed by atoms with Crippen molar-refractivity contribution in [2.24, 2.45) is 10.8 Å². The van der Waals surface area contributed by atoms with Crippen LogP contribution in [0.1, 0.15) is 73.4 Å². The van der Waals surface area contributed by atoms with E-state index in [2.05, 4.69) is 30.6 Å². The van der Waals surface area contributed by atoms with Crippen molar-refractivity contribution >= 4 is 56.8 Å². The molecule has 0 bridgehead atoms. The van der Waals surface area contributed by atoms with Gasteiger partial charge < -0.3 is 20.4 Å². The van der Waals surface area contributed by atoms with Crippen LogP contribution in [0, 0.1) is 22.5 Å². The van der Waals surface area contributed by atoms with Crippen molar-refractivity contribution in [1.82, 2.24) is 19.9 Å². The lowest BCUT2D eigenvalue weighted by molar-refractivity contribution is -0.123. The number of methoxy groups -OCH3 is 1. The Kier molecular flexibility index (Phi) is 11.3. The molecule has 282 valence electrons. The third kappa shape index (κ3) is 9.46. The molecule has 0 aliphatic heterocycles. The van der Waals surface area contributed by atoms with Crippen LogP contribution in [0.5, 0.6) is 5.88 Å². The van der Waals surface area contributed by atoms with Crippen molar-refractivity contribution in [3.05, 3.63) is 129 Å². The highest BCUT2D eigenvalue weighted by molar-refractivity contribution is 6.12. The van der Waals surface area contributed by atoms with E-state index in [9.17, 15) is 32.8 Å². The van der Waals surface area contributed by atoms with Gasteiger partial charge in [0.25, 0.3) is 5.56 Å². The summed E-state index contributed by atoms with van der Waals surface area (Å²) in [6.07, 6.45) is 2.62. The Morgan fingerprint density at radius 1 is 0.636 bits per heavy atom. The maximum absolute atomic E-state index is 14.3. The molecule has 0 spiro atoms. The van der Waals surface area contributed by atoms with Gasteiger partial charge in [-0.2, -0.15) is 0 Å². The summed E-state index contributed by atoms with van der Waals surface area (Å²) in [5.74, 6) is -2.62. The fourth-order valence-electron chi connectivity index (χ4n) is 4.92. The van der Waals surface area contributed by atoms with Gasteiger partial charge in [0.15, 0.2) is 11.6 Å². The first-order valence-corrected chi connectivity index (χ1v) is 17.0. The second-order valence-corrected chi connectivity index (χ2v) is 14.6. The summed E-state index contributed by atoms with van der Waals surface area (Å²) in [6, 6.07) is 17.0. The summed E-state index contributed by atoms with van der Waals surface area (Å²) >= 11 is 0. The van der Waals surface area contributed by atoms with Crippen molar-refractivity contribution in [1.29, 1.82) is 0 Å². The van der Waals surface area contributed by atoms with Crippen molar-refractivity contribution < 1.29 is 32.7 Å². The SMILES string of the molecule is CC(C)(C)C(=O)Nc1ccc(F)c(C(=O)c2ccc3ncc(=O)[nH]c3c2)c1.COc1cnc2ccc(C(=O)c3cc(NC(=O)C(C)(C)C)ccc3F)cc2n1. The van der Waals surface area contributed by atoms with E-state index in [4.69, 9.17) is 4.74 Å². The average Bonchev–Trinajstić information content (AvgIpc) is 3.14. The lowest BCUT2D eigenvalue weighted by atomic mass is 9.95. The number of carbonyl (C=O) groups excluding carboxylic acids is 4. The van der Waals surface area contributed by atoms with Crippen LogP contribution in [0.2, 0.25) is 0 Å². The molecule has 14 heteroatoms. The zero-order valence-corrected chi connectivity index (χ0v) is 31.1. The molecule has 0 unspecified atom stereocenters. The van der Waals surface area contributed by atoms with Gasteiger partial charge in [-0.1, -0.05) is 41.5 Å². The molecule has 6 rings (SSSR count). The molecule has 4 aromatic carbocycles. The molecular formula is C41H38F2N6O6. The van der Waals surface area contributed by atoms with E-state index in [1.807, 2.05) is 0 Å². The Bertz CT molecular complexity index is 2540. The molecule has 0 saturated heterocycles. The highest BCUT2D eigenvalue weighted by atomic mass is 19.1. The maximum atomic E-state index is 14.3. The van der Waals surface area contributed by atoms with Crippen LogP contribution in [0.15, 0.2) is 90.0 Å². The van der Waals surface area contributed by atoms with E-state index in [1.165, 1.54) is 55.8 Å². The van der Waals surface area contributed by atoms with Gasteiger partial charge in [0.05, 0.1) is 52.7 Å². The van der Waals surface area contributed by atoms with Crippen molar-refractivity contribution in [3.63, 3.8) is 0 Å². The number of ketones is 2. The predicted octanol–water partition coefficient (Wildman–Crippen LogP) is 7.27. The molecule has 6 aromatic rings. The highest BCUT2D eigenvalue weighted by Crippen LogP contribution is 2.25. The average molecular weight is 749 g/mol. The minimum atomic E-state index is -0.700. The first kappa shape index (κ1) is 39.5. The first-order chi connectivity index (χ1) is 25.8. The number of aromatic nitrogens is 4. The van der Waals surface area contributed by atoms with Crippen molar-refractivity contribution in [3.8, 4) is 5.88 Å². The van der Waals surface area contributed by atoms with E-state index >= 15 is 0 Å². The van der Waals surface area contributed by atoms with E-state index in [-0.39, 0.29) is 34.1 Å². The van der Waals surface area contributed by atoms with Gasteiger partial charge in [-0.05, 0) is 72.8 Å². The van der Waals surface area contributed by atoms with Crippen LogP contribution >= 0.6 is 0 Å². The number of halogens is 2. The number of rotatable bonds is 7. The van der Waals surface area contributed by atoms with E-state index in [0.717, 1.165) is 18.3 Å². The third-order valence-corrected chi connectivity index (χ3v) is 8.13. The number of aromatic amines is 1. The van der Waals surface area contributed by atoms with E-state index in [0.29, 0.717) is 39.3 Å². The topological polar surface area (TPSA) is 173 Å². The molecule has 0 aliphatic carbocycles. The van der Waals surface area contributed by atoms with Gasteiger partial charge in [0.1, 0.15) is 11.6 Å². The Morgan fingerprint density at radius 2 is 1.13 bits per heavy atom. The summed E-state index contributed by atoms with van der Waals surface area (Å²) in [5, 5.41) is 5.38. The number of fused-ring (bicyclic) bond motifs is 2. The Hall–Kier alpha value is -6.70. The second-order valence-electron chi connectivity index (χ2n) is 14.6. The molecule has 0 aliphatic rings. The quantitative estimate of drug-likeness (QED) is 0.142. The fourth-order valence-corrected chi connectivity index (χ4v) is 4.92. The molecule has 2 amide bonds. The van der Waals surface area contributed by atoms with E-state index < -0.39 is 39.6 Å². The summed E-state index contributed by atoms with van der Waals surface area (Å²) in [7, 11) is 1.47. The Labute approximate surface area is 314 Å². The Morgan fingerprint density at radius 3 is 1.64 bits per heavy atom. The van der Waals surface area contributed by atoms with Gasteiger partial charge >= 0.3 is 0 Å². The van der Waals surface area contributed by atoms with Gasteiger partial charge in [0, 0.05) is 33.3 Å².